The van der Waals surface area contributed by atoms with Gasteiger partial charge < -0.3 is 30.5 Å². The highest BCUT2D eigenvalue weighted by Gasteiger charge is 2.55. The van der Waals surface area contributed by atoms with Gasteiger partial charge in [-0.2, -0.15) is 0 Å². The summed E-state index contributed by atoms with van der Waals surface area (Å²) in [5, 5.41) is 20.1. The number of nitrogens with one attached hydrogen (secondary N) is 3. The predicted octanol–water partition coefficient (Wildman–Crippen LogP) is 2.10. The van der Waals surface area contributed by atoms with Gasteiger partial charge >= 0.3 is 0 Å². The number of rotatable bonds is 8. The third-order valence-electron chi connectivity index (χ3n) is 8.34. The van der Waals surface area contributed by atoms with E-state index in [2.05, 4.69) is 16.0 Å². The minimum atomic E-state index is -1.11. The first-order valence-corrected chi connectivity index (χ1v) is 13.6. The number of halogens is 2. The summed E-state index contributed by atoms with van der Waals surface area (Å²) in [6, 6.07) is -0.253. The van der Waals surface area contributed by atoms with Crippen molar-refractivity contribution in [1.82, 2.24) is 16.0 Å². The average molecular weight is 518 g/mol. The third kappa shape index (κ3) is 6.47. The Balaban J connectivity index is 1.23. The molecule has 200 valence electrons. The molecule has 0 radical (unpaired) electrons. The van der Waals surface area contributed by atoms with Gasteiger partial charge in [-0.3, -0.25) is 9.59 Å². The molecule has 2 amide bonds. The minimum absolute atomic E-state index is 0.0233. The van der Waals surface area contributed by atoms with E-state index in [1.807, 2.05) is 13.8 Å². The fraction of sp³-hybridized carbons (Fsp3) is 0.920. The molecule has 4 saturated carbocycles. The summed E-state index contributed by atoms with van der Waals surface area (Å²) in [7, 11) is 0. The Bertz CT molecular complexity index is 755. The van der Waals surface area contributed by atoms with Gasteiger partial charge in [-0.05, 0) is 71.6 Å². The first kappa shape index (κ1) is 27.0. The van der Waals surface area contributed by atoms with E-state index in [1.165, 1.54) is 0 Å². The van der Waals surface area contributed by atoms with Gasteiger partial charge in [0.05, 0.1) is 41.4 Å². The lowest BCUT2D eigenvalue weighted by atomic mass is 9.59. The molecular weight excluding hydrogens is 477 g/mol. The Kier molecular flexibility index (Phi) is 8.63. The van der Waals surface area contributed by atoms with Gasteiger partial charge in [0.25, 0.3) is 0 Å². The molecule has 5 fully saturated rings. The molecule has 8 nitrogen and oxygen atoms in total. The second-order valence-corrected chi connectivity index (χ2v) is 11.9. The topological polar surface area (TPSA) is 109 Å². The van der Waals surface area contributed by atoms with Crippen LogP contribution in [0.15, 0.2) is 0 Å². The van der Waals surface area contributed by atoms with Crippen molar-refractivity contribution < 1.29 is 28.6 Å². The van der Waals surface area contributed by atoms with Crippen LogP contribution >= 0.6 is 11.6 Å². The van der Waals surface area contributed by atoms with Crippen LogP contribution in [-0.4, -0.2) is 83.2 Å². The van der Waals surface area contributed by atoms with Gasteiger partial charge in [0, 0.05) is 18.5 Å². The van der Waals surface area contributed by atoms with E-state index in [0.717, 1.165) is 12.8 Å². The van der Waals surface area contributed by atoms with Gasteiger partial charge in [0.15, 0.2) is 0 Å². The second-order valence-electron chi connectivity index (χ2n) is 11.3. The smallest absolute Gasteiger partial charge is 0.246 e. The zero-order valence-corrected chi connectivity index (χ0v) is 21.6. The van der Waals surface area contributed by atoms with Crippen LogP contribution < -0.4 is 16.0 Å². The molecule has 2 bridgehead atoms. The molecule has 35 heavy (non-hydrogen) atoms. The zero-order chi connectivity index (χ0) is 25.2. The van der Waals surface area contributed by atoms with Gasteiger partial charge in [0.1, 0.15) is 12.8 Å². The monoisotopic (exact) mass is 517 g/mol. The summed E-state index contributed by atoms with van der Waals surface area (Å²) in [5.41, 5.74) is -1.14. The Labute approximate surface area is 212 Å². The number of fused-ring (bicyclic) bond motifs is 3. The number of piperidine rings is 1. The zero-order valence-electron chi connectivity index (χ0n) is 20.9. The fourth-order valence-corrected chi connectivity index (χ4v) is 6.50. The largest absolute Gasteiger partial charge is 0.391 e. The van der Waals surface area contributed by atoms with E-state index in [0.29, 0.717) is 51.5 Å². The number of aliphatic hydroxyl groups is 1. The number of amides is 2. The first-order chi connectivity index (χ1) is 16.6. The summed E-state index contributed by atoms with van der Waals surface area (Å²) in [4.78, 5) is 25.6. The lowest BCUT2D eigenvalue weighted by Gasteiger charge is -2.56. The summed E-state index contributed by atoms with van der Waals surface area (Å²) in [6.45, 7) is 4.52. The minimum Gasteiger partial charge on any atom is -0.391 e. The van der Waals surface area contributed by atoms with Crippen LogP contribution in [0.5, 0.6) is 0 Å². The highest BCUT2D eigenvalue weighted by atomic mass is 35.5. The van der Waals surface area contributed by atoms with Crippen molar-refractivity contribution in [2.45, 2.75) is 131 Å². The highest BCUT2D eigenvalue weighted by Crippen LogP contribution is 2.47. The van der Waals surface area contributed by atoms with Gasteiger partial charge in [-0.25, -0.2) is 4.39 Å². The predicted molar refractivity (Wildman–Crippen MR) is 130 cm³/mol. The maximum Gasteiger partial charge on any atom is 0.246 e. The number of alkyl halides is 2. The Morgan fingerprint density at radius 1 is 1.11 bits per heavy atom. The summed E-state index contributed by atoms with van der Waals surface area (Å²) < 4.78 is 25.3. The second kappa shape index (κ2) is 11.2. The molecule has 0 spiro atoms. The van der Waals surface area contributed by atoms with Crippen molar-refractivity contribution in [3.8, 4) is 0 Å². The molecule has 1 saturated heterocycles. The molecule has 0 aromatic rings. The SMILES string of the molecule is CC(C)OC1CCC(C(=O)NC23CCC(NC(=O)COC4CCC(Cl)C(F)C4)(CC2)C(O)C3)NC1. The van der Waals surface area contributed by atoms with Gasteiger partial charge in [-0.1, -0.05) is 0 Å². The maximum atomic E-state index is 13.8. The fourth-order valence-electron chi connectivity index (χ4n) is 6.27. The van der Waals surface area contributed by atoms with Gasteiger partial charge in [-0.15, -0.1) is 11.6 Å². The molecule has 4 aliphatic carbocycles. The van der Waals surface area contributed by atoms with E-state index in [-0.39, 0.29) is 49.2 Å². The molecular formula is C25H41ClFN3O5. The van der Waals surface area contributed by atoms with Crippen molar-refractivity contribution in [2.24, 2.45) is 0 Å². The summed E-state index contributed by atoms with van der Waals surface area (Å²) in [6.07, 6.45) is 4.06. The first-order valence-electron chi connectivity index (χ1n) is 13.2. The number of aliphatic hydroxyl groups excluding tert-OH is 1. The number of carbonyl (C=O) groups is 2. The molecule has 0 aromatic carbocycles. The lowest BCUT2D eigenvalue weighted by Crippen LogP contribution is -2.71. The molecule has 6 unspecified atom stereocenters. The van der Waals surface area contributed by atoms with Crippen molar-refractivity contribution in [3.63, 3.8) is 0 Å². The highest BCUT2D eigenvalue weighted by molar-refractivity contribution is 6.21. The van der Waals surface area contributed by atoms with E-state index in [4.69, 9.17) is 21.1 Å². The van der Waals surface area contributed by atoms with Crippen LogP contribution in [0, 0.1) is 0 Å². The van der Waals surface area contributed by atoms with Crippen LogP contribution in [-0.2, 0) is 19.1 Å². The molecule has 1 aliphatic heterocycles. The van der Waals surface area contributed by atoms with Crippen molar-refractivity contribution in [1.29, 1.82) is 0 Å². The third-order valence-corrected chi connectivity index (χ3v) is 8.84. The molecule has 0 aromatic heterocycles. The average Bonchev–Trinajstić information content (AvgIpc) is 2.81. The van der Waals surface area contributed by atoms with Crippen LogP contribution in [0.4, 0.5) is 4.39 Å². The Hall–Kier alpha value is -1.00. The van der Waals surface area contributed by atoms with Gasteiger partial charge in [0.2, 0.25) is 11.8 Å². The Morgan fingerprint density at radius 3 is 2.43 bits per heavy atom. The van der Waals surface area contributed by atoms with E-state index in [1.54, 1.807) is 0 Å². The quantitative estimate of drug-likeness (QED) is 0.367. The van der Waals surface area contributed by atoms with Crippen molar-refractivity contribution in [3.05, 3.63) is 0 Å². The maximum absolute atomic E-state index is 13.8. The van der Waals surface area contributed by atoms with Crippen LogP contribution in [0.3, 0.4) is 0 Å². The Morgan fingerprint density at radius 2 is 1.83 bits per heavy atom. The number of ether oxygens (including phenoxy) is 2. The van der Waals surface area contributed by atoms with Crippen LogP contribution in [0.1, 0.15) is 78.1 Å². The summed E-state index contributed by atoms with van der Waals surface area (Å²) in [5.74, 6) is -0.319. The summed E-state index contributed by atoms with van der Waals surface area (Å²) >= 11 is 5.92. The molecule has 10 heteroatoms. The number of hydrogen-bond donors (Lipinski definition) is 4. The molecule has 5 rings (SSSR count). The molecule has 5 aliphatic rings. The van der Waals surface area contributed by atoms with Crippen LogP contribution in [0.2, 0.25) is 0 Å². The number of hydrogen-bond acceptors (Lipinski definition) is 6. The van der Waals surface area contributed by atoms with Crippen molar-refractivity contribution >= 4 is 23.4 Å². The number of carbonyl (C=O) groups excluding carboxylic acids is 2. The molecule has 1 heterocycles. The molecule has 4 N–H and O–H groups in total. The standard InChI is InChI=1S/C25H41ClFN3O5/c1-15(2)35-17-4-6-20(28-13-17)23(33)30-24-7-9-25(10-8-24,21(31)12-24)29-22(32)14-34-16-3-5-18(26)19(27)11-16/h15-21,28,31H,3-14H2,1-2H3,(H,29,32)(H,30,33). The van der Waals surface area contributed by atoms with Crippen molar-refractivity contribution in [2.75, 3.05) is 13.2 Å². The molecule has 6 atom stereocenters. The van der Waals surface area contributed by atoms with E-state index < -0.39 is 28.7 Å². The normalized spacial score (nSPS) is 41.5. The van der Waals surface area contributed by atoms with E-state index in [9.17, 15) is 19.1 Å². The van der Waals surface area contributed by atoms with Crippen LogP contribution in [0.25, 0.3) is 0 Å². The lowest BCUT2D eigenvalue weighted by molar-refractivity contribution is -0.141. The van der Waals surface area contributed by atoms with E-state index >= 15 is 0 Å².